The molecule has 9 heteroatoms. The predicted octanol–water partition coefficient (Wildman–Crippen LogP) is 3.28. The Labute approximate surface area is 144 Å². The normalized spacial score (nSPS) is 12.7. The first-order valence-electron chi connectivity index (χ1n) is 7.94. The van der Waals surface area contributed by atoms with Crippen molar-refractivity contribution in [3.05, 3.63) is 16.1 Å². The maximum atomic E-state index is 12.5. The lowest BCUT2D eigenvalue weighted by Crippen LogP contribution is -2.39. The van der Waals surface area contributed by atoms with Crippen LogP contribution in [0.3, 0.4) is 0 Å². The zero-order valence-electron chi connectivity index (χ0n) is 14.2. The zero-order valence-corrected chi connectivity index (χ0v) is 15.1. The number of guanidine groups is 1. The second kappa shape index (κ2) is 10.5. The third kappa shape index (κ3) is 8.49. The molecule has 0 aliphatic rings. The van der Waals surface area contributed by atoms with E-state index >= 15 is 0 Å². The van der Waals surface area contributed by atoms with Gasteiger partial charge < -0.3 is 15.4 Å². The average molecular weight is 366 g/mol. The van der Waals surface area contributed by atoms with E-state index in [4.69, 9.17) is 4.74 Å². The van der Waals surface area contributed by atoms with Crippen LogP contribution in [0, 0.1) is 5.92 Å². The highest BCUT2D eigenvalue weighted by molar-refractivity contribution is 7.09. The molecule has 138 valence electrons. The van der Waals surface area contributed by atoms with Crippen molar-refractivity contribution in [3.63, 3.8) is 0 Å². The molecule has 0 aliphatic heterocycles. The van der Waals surface area contributed by atoms with Gasteiger partial charge in [0.05, 0.1) is 13.2 Å². The van der Waals surface area contributed by atoms with Crippen molar-refractivity contribution in [1.82, 2.24) is 15.6 Å². The van der Waals surface area contributed by atoms with Crippen molar-refractivity contribution in [2.24, 2.45) is 10.9 Å². The maximum Gasteiger partial charge on any atom is 0.434 e. The standard InChI is InChI=1S/C15H25F3N4OS/c1-4-19-14(20-6-8-23-7-5-11(2)3)21-9-13-22-12(10-24-13)15(16,17)18/h10-11H,4-9H2,1-3H3,(H2,19,20,21). The van der Waals surface area contributed by atoms with Crippen LogP contribution in [-0.4, -0.2) is 37.2 Å². The zero-order chi connectivity index (χ0) is 18.0. The minimum Gasteiger partial charge on any atom is -0.380 e. The van der Waals surface area contributed by atoms with E-state index in [2.05, 4.69) is 34.5 Å². The van der Waals surface area contributed by atoms with E-state index in [1.165, 1.54) is 0 Å². The number of alkyl halides is 3. The third-order valence-electron chi connectivity index (χ3n) is 2.94. The van der Waals surface area contributed by atoms with Gasteiger partial charge in [-0.2, -0.15) is 13.2 Å². The highest BCUT2D eigenvalue weighted by Crippen LogP contribution is 2.30. The summed E-state index contributed by atoms with van der Waals surface area (Å²) in [7, 11) is 0. The molecule has 0 atom stereocenters. The van der Waals surface area contributed by atoms with Crippen LogP contribution in [0.15, 0.2) is 10.4 Å². The van der Waals surface area contributed by atoms with E-state index in [9.17, 15) is 13.2 Å². The van der Waals surface area contributed by atoms with Crippen molar-refractivity contribution in [3.8, 4) is 0 Å². The van der Waals surface area contributed by atoms with Crippen molar-refractivity contribution in [2.45, 2.75) is 39.9 Å². The molecular weight excluding hydrogens is 341 g/mol. The van der Waals surface area contributed by atoms with Crippen molar-refractivity contribution < 1.29 is 17.9 Å². The van der Waals surface area contributed by atoms with Gasteiger partial charge in [0, 0.05) is 25.1 Å². The molecule has 5 nitrogen and oxygen atoms in total. The van der Waals surface area contributed by atoms with E-state index in [0.717, 1.165) is 23.1 Å². The molecule has 24 heavy (non-hydrogen) atoms. The number of rotatable bonds is 9. The summed E-state index contributed by atoms with van der Waals surface area (Å²) in [6.07, 6.45) is -3.39. The summed E-state index contributed by atoms with van der Waals surface area (Å²) in [6, 6.07) is 0. The molecule has 0 unspecified atom stereocenters. The smallest absolute Gasteiger partial charge is 0.380 e. The Bertz CT molecular complexity index is 503. The summed E-state index contributed by atoms with van der Waals surface area (Å²) in [5, 5.41) is 7.46. The lowest BCUT2D eigenvalue weighted by atomic mass is 10.1. The van der Waals surface area contributed by atoms with Crippen molar-refractivity contribution in [2.75, 3.05) is 26.3 Å². The fourth-order valence-electron chi connectivity index (χ4n) is 1.66. The highest BCUT2D eigenvalue weighted by Gasteiger charge is 2.33. The van der Waals surface area contributed by atoms with Crippen LogP contribution in [0.25, 0.3) is 0 Å². The molecule has 0 spiro atoms. The average Bonchev–Trinajstić information content (AvgIpc) is 2.97. The highest BCUT2D eigenvalue weighted by atomic mass is 32.1. The summed E-state index contributed by atoms with van der Waals surface area (Å²) in [5.74, 6) is 1.14. The topological polar surface area (TPSA) is 58.5 Å². The molecule has 0 saturated heterocycles. The number of halogens is 3. The van der Waals surface area contributed by atoms with Crippen LogP contribution in [0.5, 0.6) is 0 Å². The second-order valence-electron chi connectivity index (χ2n) is 5.54. The Morgan fingerprint density at radius 3 is 2.67 bits per heavy atom. The number of hydrogen-bond donors (Lipinski definition) is 2. The third-order valence-corrected chi connectivity index (χ3v) is 3.77. The van der Waals surface area contributed by atoms with Gasteiger partial charge in [-0.1, -0.05) is 13.8 Å². The first-order chi connectivity index (χ1) is 11.3. The molecule has 0 bridgehead atoms. The molecule has 0 amide bonds. The Kier molecular flexibility index (Phi) is 9.05. The Morgan fingerprint density at radius 1 is 1.33 bits per heavy atom. The fraction of sp³-hybridized carbons (Fsp3) is 0.733. The van der Waals surface area contributed by atoms with Gasteiger partial charge in [-0.05, 0) is 19.3 Å². The summed E-state index contributed by atoms with van der Waals surface area (Å²) in [6.45, 7) is 8.80. The number of aromatic nitrogens is 1. The van der Waals surface area contributed by atoms with Crippen molar-refractivity contribution >= 4 is 17.3 Å². The van der Waals surface area contributed by atoms with E-state index < -0.39 is 11.9 Å². The molecule has 2 N–H and O–H groups in total. The van der Waals surface area contributed by atoms with E-state index in [1.807, 2.05) is 6.92 Å². The number of nitrogens with one attached hydrogen (secondary N) is 2. The summed E-state index contributed by atoms with van der Waals surface area (Å²) in [5.41, 5.74) is -0.866. The van der Waals surface area contributed by atoms with Crippen LogP contribution in [-0.2, 0) is 17.5 Å². The summed E-state index contributed by atoms with van der Waals surface area (Å²) < 4.78 is 43.0. The van der Waals surface area contributed by atoms with E-state index in [0.29, 0.717) is 43.2 Å². The Hall–Kier alpha value is -1.35. The molecule has 1 rings (SSSR count). The second-order valence-corrected chi connectivity index (χ2v) is 6.48. The number of aliphatic imine (C=N–C) groups is 1. The molecule has 0 radical (unpaired) electrons. The quantitative estimate of drug-likeness (QED) is 0.400. The molecule has 0 fully saturated rings. The number of hydrogen-bond acceptors (Lipinski definition) is 4. The van der Waals surface area contributed by atoms with Crippen LogP contribution in [0.1, 0.15) is 37.9 Å². The van der Waals surface area contributed by atoms with Gasteiger partial charge in [0.2, 0.25) is 0 Å². The van der Waals surface area contributed by atoms with E-state index in [1.54, 1.807) is 0 Å². The molecule has 1 aromatic heterocycles. The van der Waals surface area contributed by atoms with Gasteiger partial charge in [-0.15, -0.1) is 11.3 Å². The van der Waals surface area contributed by atoms with Crippen LogP contribution in [0.4, 0.5) is 13.2 Å². The van der Waals surface area contributed by atoms with Gasteiger partial charge in [-0.3, -0.25) is 0 Å². The van der Waals surface area contributed by atoms with Gasteiger partial charge in [0.15, 0.2) is 11.7 Å². The number of thiazole rings is 1. The number of ether oxygens (including phenoxy) is 1. The molecule has 1 heterocycles. The Morgan fingerprint density at radius 2 is 2.08 bits per heavy atom. The maximum absolute atomic E-state index is 12.5. The lowest BCUT2D eigenvalue weighted by Gasteiger charge is -2.11. The van der Waals surface area contributed by atoms with Crippen LogP contribution < -0.4 is 10.6 Å². The van der Waals surface area contributed by atoms with Crippen LogP contribution >= 0.6 is 11.3 Å². The van der Waals surface area contributed by atoms with Gasteiger partial charge in [0.1, 0.15) is 5.01 Å². The lowest BCUT2D eigenvalue weighted by molar-refractivity contribution is -0.140. The molecular formula is C15H25F3N4OS. The van der Waals surface area contributed by atoms with Crippen LogP contribution in [0.2, 0.25) is 0 Å². The molecule has 0 aromatic carbocycles. The van der Waals surface area contributed by atoms with Gasteiger partial charge in [0.25, 0.3) is 0 Å². The molecule has 0 aliphatic carbocycles. The van der Waals surface area contributed by atoms with Gasteiger partial charge >= 0.3 is 6.18 Å². The Balaban J connectivity index is 2.40. The minimum atomic E-state index is -4.41. The fourth-order valence-corrected chi connectivity index (χ4v) is 2.39. The minimum absolute atomic E-state index is 0.101. The summed E-state index contributed by atoms with van der Waals surface area (Å²) in [4.78, 5) is 7.80. The van der Waals surface area contributed by atoms with Gasteiger partial charge in [-0.25, -0.2) is 9.98 Å². The monoisotopic (exact) mass is 366 g/mol. The first-order valence-corrected chi connectivity index (χ1v) is 8.82. The first kappa shape index (κ1) is 20.7. The predicted molar refractivity (Wildman–Crippen MR) is 90.2 cm³/mol. The van der Waals surface area contributed by atoms with Crippen molar-refractivity contribution in [1.29, 1.82) is 0 Å². The SMILES string of the molecule is CCNC(=NCc1nc(C(F)(F)F)cs1)NCCOCCC(C)C. The molecule has 1 aromatic rings. The summed E-state index contributed by atoms with van der Waals surface area (Å²) >= 11 is 0.956. The largest absolute Gasteiger partial charge is 0.434 e. The van der Waals surface area contributed by atoms with E-state index in [-0.39, 0.29) is 6.54 Å². The number of nitrogens with zero attached hydrogens (tertiary/aromatic N) is 2. The molecule has 0 saturated carbocycles.